The van der Waals surface area contributed by atoms with Gasteiger partial charge < -0.3 is 23.6 Å². The van der Waals surface area contributed by atoms with Crippen molar-refractivity contribution in [1.29, 1.82) is 0 Å². The largest absolute Gasteiger partial charge is 0.493 e. The highest BCUT2D eigenvalue weighted by Crippen LogP contribution is 2.40. The number of ether oxygens (including phenoxy) is 3. The van der Waals surface area contributed by atoms with E-state index in [1.54, 1.807) is 37.8 Å². The summed E-state index contributed by atoms with van der Waals surface area (Å²) in [5.41, 5.74) is 0.997. The highest BCUT2D eigenvalue weighted by atomic mass is 16.5. The molecule has 3 aromatic rings. The van der Waals surface area contributed by atoms with Crippen LogP contribution in [-0.2, 0) is 6.42 Å². The molecule has 0 saturated carbocycles. The molecule has 1 aliphatic heterocycles. The molecule has 1 aliphatic rings. The van der Waals surface area contributed by atoms with Gasteiger partial charge in [-0.05, 0) is 30.9 Å². The van der Waals surface area contributed by atoms with E-state index < -0.39 is 0 Å². The lowest BCUT2D eigenvalue weighted by Gasteiger charge is -2.32. The molecule has 0 spiro atoms. The molecule has 1 saturated heterocycles. The normalized spacial score (nSPS) is 16.0. The topological polar surface area (TPSA) is 113 Å². The van der Waals surface area contributed by atoms with Gasteiger partial charge in [-0.3, -0.25) is 9.78 Å². The van der Waals surface area contributed by atoms with E-state index in [1.165, 1.54) is 14.2 Å². The van der Waals surface area contributed by atoms with Crippen LogP contribution >= 0.6 is 0 Å². The van der Waals surface area contributed by atoms with Crippen molar-refractivity contribution in [2.24, 2.45) is 5.92 Å². The van der Waals surface area contributed by atoms with Crippen LogP contribution in [0, 0.1) is 5.92 Å². The molecule has 1 atom stereocenters. The summed E-state index contributed by atoms with van der Waals surface area (Å²) in [5, 5.41) is 4.00. The maximum Gasteiger partial charge on any atom is 0.257 e. The molecular weight excluding hydrogens is 414 g/mol. The van der Waals surface area contributed by atoms with Crippen LogP contribution in [0.15, 0.2) is 35.2 Å². The van der Waals surface area contributed by atoms with Gasteiger partial charge in [-0.15, -0.1) is 0 Å². The van der Waals surface area contributed by atoms with Crippen LogP contribution < -0.4 is 14.2 Å². The fourth-order valence-corrected chi connectivity index (χ4v) is 3.96. The number of benzene rings is 1. The summed E-state index contributed by atoms with van der Waals surface area (Å²) in [6.07, 6.45) is 7.20. The Bertz CT molecular complexity index is 1070. The van der Waals surface area contributed by atoms with E-state index in [2.05, 4.69) is 20.1 Å². The minimum absolute atomic E-state index is 0.113. The summed E-state index contributed by atoms with van der Waals surface area (Å²) < 4.78 is 21.6. The van der Waals surface area contributed by atoms with Gasteiger partial charge in [-0.25, -0.2) is 4.98 Å². The Morgan fingerprint density at radius 1 is 1.16 bits per heavy atom. The predicted molar refractivity (Wildman–Crippen MR) is 114 cm³/mol. The van der Waals surface area contributed by atoms with Gasteiger partial charge in [0.25, 0.3) is 5.91 Å². The summed E-state index contributed by atoms with van der Waals surface area (Å²) in [4.78, 5) is 27.8. The summed E-state index contributed by atoms with van der Waals surface area (Å²) >= 11 is 0. The highest BCUT2D eigenvalue weighted by Gasteiger charge is 2.29. The number of hydrogen-bond acceptors (Lipinski definition) is 9. The molecule has 168 valence electrons. The first-order valence-electron chi connectivity index (χ1n) is 10.3. The zero-order valence-corrected chi connectivity index (χ0v) is 18.3. The van der Waals surface area contributed by atoms with Crippen LogP contribution in [0.5, 0.6) is 17.2 Å². The van der Waals surface area contributed by atoms with Crippen molar-refractivity contribution in [2.75, 3.05) is 34.4 Å². The van der Waals surface area contributed by atoms with Crippen molar-refractivity contribution in [3.8, 4) is 28.8 Å². The van der Waals surface area contributed by atoms with E-state index in [-0.39, 0.29) is 11.8 Å². The number of nitrogens with zero attached hydrogens (tertiary/aromatic N) is 5. The Morgan fingerprint density at radius 2 is 2.00 bits per heavy atom. The number of hydrogen-bond donors (Lipinski definition) is 0. The Balaban J connectivity index is 1.48. The molecule has 1 aromatic carbocycles. The van der Waals surface area contributed by atoms with Gasteiger partial charge in [0, 0.05) is 31.9 Å². The Kier molecular flexibility index (Phi) is 6.48. The molecule has 0 aliphatic carbocycles. The molecule has 1 unspecified atom stereocenters. The smallest absolute Gasteiger partial charge is 0.257 e. The quantitative estimate of drug-likeness (QED) is 0.548. The lowest BCUT2D eigenvalue weighted by Crippen LogP contribution is -2.40. The van der Waals surface area contributed by atoms with Crippen molar-refractivity contribution < 1.29 is 23.5 Å². The zero-order valence-electron chi connectivity index (χ0n) is 18.3. The first-order chi connectivity index (χ1) is 15.6. The van der Waals surface area contributed by atoms with Gasteiger partial charge in [0.2, 0.25) is 17.5 Å². The summed E-state index contributed by atoms with van der Waals surface area (Å²) in [7, 11) is 4.57. The Labute approximate surface area is 185 Å². The van der Waals surface area contributed by atoms with Gasteiger partial charge in [-0.1, -0.05) is 5.16 Å². The summed E-state index contributed by atoms with van der Waals surface area (Å²) in [5.74, 6) is 2.29. The van der Waals surface area contributed by atoms with Crippen LogP contribution in [-0.4, -0.2) is 65.3 Å². The zero-order chi connectivity index (χ0) is 22.5. The first kappa shape index (κ1) is 21.5. The van der Waals surface area contributed by atoms with Crippen molar-refractivity contribution in [3.05, 3.63) is 42.2 Å². The lowest BCUT2D eigenvalue weighted by molar-refractivity contribution is 0.0664. The van der Waals surface area contributed by atoms with Crippen LogP contribution in [0.3, 0.4) is 0 Å². The lowest BCUT2D eigenvalue weighted by atomic mass is 9.94. The van der Waals surface area contributed by atoms with Crippen molar-refractivity contribution in [3.63, 3.8) is 0 Å². The third-order valence-electron chi connectivity index (χ3n) is 5.46. The number of amides is 1. The van der Waals surface area contributed by atoms with Crippen LogP contribution in [0.2, 0.25) is 0 Å². The number of likely N-dealkylation sites (tertiary alicyclic amines) is 1. The molecule has 10 nitrogen and oxygen atoms in total. The minimum atomic E-state index is -0.113. The standard InChI is InChI=1S/C22H25N5O5/c1-29-17-7-6-15(19(30-2)20(17)31-3)22(28)27-10-4-5-14(13-27)11-18-25-21(26-32-18)16-12-23-8-9-24-16/h6-9,12,14H,4-5,10-11,13H2,1-3H3. The summed E-state index contributed by atoms with van der Waals surface area (Å²) in [6.45, 7) is 1.25. The van der Waals surface area contributed by atoms with E-state index in [4.69, 9.17) is 18.7 Å². The van der Waals surface area contributed by atoms with Crippen LogP contribution in [0.25, 0.3) is 11.5 Å². The van der Waals surface area contributed by atoms with Gasteiger partial charge in [-0.2, -0.15) is 4.98 Å². The molecule has 3 heterocycles. The fourth-order valence-electron chi connectivity index (χ4n) is 3.96. The molecule has 0 radical (unpaired) electrons. The number of carbonyl (C=O) groups is 1. The average molecular weight is 439 g/mol. The van der Waals surface area contributed by atoms with Gasteiger partial charge in [0.1, 0.15) is 5.69 Å². The number of piperidine rings is 1. The predicted octanol–water partition coefficient (Wildman–Crippen LogP) is 2.65. The van der Waals surface area contributed by atoms with E-state index in [1.807, 2.05) is 4.90 Å². The van der Waals surface area contributed by atoms with E-state index >= 15 is 0 Å². The molecule has 32 heavy (non-hydrogen) atoms. The number of aromatic nitrogens is 4. The Hall–Kier alpha value is -3.69. The van der Waals surface area contributed by atoms with E-state index in [0.717, 1.165) is 12.8 Å². The van der Waals surface area contributed by atoms with Crippen molar-refractivity contribution in [2.45, 2.75) is 19.3 Å². The molecular formula is C22H25N5O5. The Morgan fingerprint density at radius 3 is 2.72 bits per heavy atom. The van der Waals surface area contributed by atoms with E-state index in [0.29, 0.717) is 59.7 Å². The molecule has 0 N–H and O–H groups in total. The van der Waals surface area contributed by atoms with Crippen molar-refractivity contribution in [1.82, 2.24) is 25.0 Å². The van der Waals surface area contributed by atoms with Gasteiger partial charge in [0.15, 0.2) is 11.5 Å². The van der Waals surface area contributed by atoms with Crippen LogP contribution in [0.1, 0.15) is 29.1 Å². The number of carbonyl (C=O) groups excluding carboxylic acids is 1. The van der Waals surface area contributed by atoms with Gasteiger partial charge >= 0.3 is 0 Å². The second kappa shape index (κ2) is 9.63. The fraction of sp³-hybridized carbons (Fsp3) is 0.409. The molecule has 0 bridgehead atoms. The van der Waals surface area contributed by atoms with Gasteiger partial charge in [0.05, 0.1) is 33.1 Å². The summed E-state index contributed by atoms with van der Waals surface area (Å²) in [6, 6.07) is 3.42. The first-order valence-corrected chi connectivity index (χ1v) is 10.3. The third-order valence-corrected chi connectivity index (χ3v) is 5.46. The maximum absolute atomic E-state index is 13.3. The second-order valence-corrected chi connectivity index (χ2v) is 7.45. The maximum atomic E-state index is 13.3. The minimum Gasteiger partial charge on any atom is -0.493 e. The average Bonchev–Trinajstić information content (AvgIpc) is 3.31. The molecule has 10 heteroatoms. The van der Waals surface area contributed by atoms with E-state index in [9.17, 15) is 4.79 Å². The molecule has 2 aromatic heterocycles. The molecule has 1 amide bonds. The number of methoxy groups -OCH3 is 3. The van der Waals surface area contributed by atoms with Crippen LogP contribution in [0.4, 0.5) is 0 Å². The molecule has 1 fully saturated rings. The SMILES string of the molecule is COc1ccc(C(=O)N2CCCC(Cc3nc(-c4cnccn4)no3)C2)c(OC)c1OC. The number of rotatable bonds is 7. The second-order valence-electron chi connectivity index (χ2n) is 7.45. The monoisotopic (exact) mass is 439 g/mol. The highest BCUT2D eigenvalue weighted by molar-refractivity contribution is 5.98. The third kappa shape index (κ3) is 4.34. The molecule has 4 rings (SSSR count). The van der Waals surface area contributed by atoms with Crippen molar-refractivity contribution >= 4 is 5.91 Å².